The van der Waals surface area contributed by atoms with E-state index in [2.05, 4.69) is 30.5 Å². The molecule has 28 heavy (non-hydrogen) atoms. The lowest BCUT2D eigenvalue weighted by Crippen LogP contribution is -2.25. The van der Waals surface area contributed by atoms with Gasteiger partial charge in [0.15, 0.2) is 5.16 Å². The molecule has 4 N–H and O–H groups in total. The van der Waals surface area contributed by atoms with E-state index in [0.717, 1.165) is 25.1 Å². The molecule has 1 unspecified atom stereocenters. The molecule has 3 aromatic rings. The number of benzene rings is 1. The lowest BCUT2D eigenvalue weighted by atomic mass is 10.2. The average molecular weight is 400 g/mol. The summed E-state index contributed by atoms with van der Waals surface area (Å²) >= 11 is 1.36. The number of nitrogen functional groups attached to an aromatic ring is 1. The van der Waals surface area contributed by atoms with Crippen molar-refractivity contribution in [3.05, 3.63) is 46.6 Å². The number of nitrogens with two attached hydrogens (primary N) is 1. The van der Waals surface area contributed by atoms with Gasteiger partial charge in [0, 0.05) is 12.3 Å². The van der Waals surface area contributed by atoms with Crippen molar-refractivity contribution in [2.75, 3.05) is 17.7 Å². The molecule has 0 amide bonds. The first-order chi connectivity index (χ1) is 13.7. The highest BCUT2D eigenvalue weighted by Gasteiger charge is 2.20. The van der Waals surface area contributed by atoms with Gasteiger partial charge in [-0.3, -0.25) is 4.57 Å². The van der Waals surface area contributed by atoms with Crippen LogP contribution in [0.15, 0.2) is 40.3 Å². The molecule has 146 valence electrons. The van der Waals surface area contributed by atoms with Gasteiger partial charge in [-0.25, -0.2) is 9.89 Å². The SMILES string of the molecule is Nc1nc(CSc2n[nH]c(=O)n2CC2CCCO2)nc(Nc2ccccc2)n1. The van der Waals surface area contributed by atoms with Crippen LogP contribution in [0.4, 0.5) is 17.6 Å². The molecule has 4 rings (SSSR count). The van der Waals surface area contributed by atoms with Crippen LogP contribution in [0.25, 0.3) is 0 Å². The van der Waals surface area contributed by atoms with Crippen molar-refractivity contribution in [3.8, 4) is 0 Å². The summed E-state index contributed by atoms with van der Waals surface area (Å²) in [5.41, 5.74) is 6.42. The number of hydrogen-bond acceptors (Lipinski definition) is 9. The van der Waals surface area contributed by atoms with Crippen LogP contribution in [0.5, 0.6) is 0 Å². The third-order valence-corrected chi connectivity index (χ3v) is 5.17. The van der Waals surface area contributed by atoms with Gasteiger partial charge in [-0.2, -0.15) is 15.0 Å². The van der Waals surface area contributed by atoms with E-state index >= 15 is 0 Å². The maximum Gasteiger partial charge on any atom is 0.344 e. The van der Waals surface area contributed by atoms with Crippen LogP contribution in [0.1, 0.15) is 18.7 Å². The molecule has 1 atom stereocenters. The van der Waals surface area contributed by atoms with Crippen LogP contribution >= 0.6 is 11.8 Å². The number of thioether (sulfide) groups is 1. The van der Waals surface area contributed by atoms with E-state index in [9.17, 15) is 4.79 Å². The highest BCUT2D eigenvalue weighted by molar-refractivity contribution is 7.98. The number of anilines is 3. The van der Waals surface area contributed by atoms with Crippen LogP contribution < -0.4 is 16.7 Å². The zero-order valence-corrected chi connectivity index (χ0v) is 15.9. The minimum atomic E-state index is -0.250. The summed E-state index contributed by atoms with van der Waals surface area (Å²) in [5, 5.41) is 10.3. The van der Waals surface area contributed by atoms with E-state index in [1.807, 2.05) is 30.3 Å². The summed E-state index contributed by atoms with van der Waals surface area (Å²) in [6.45, 7) is 1.22. The molecule has 1 saturated heterocycles. The second-order valence-corrected chi connectivity index (χ2v) is 7.21. The molecule has 0 aliphatic carbocycles. The highest BCUT2D eigenvalue weighted by atomic mass is 32.2. The molecule has 1 aliphatic rings. The first kappa shape index (κ1) is 18.4. The van der Waals surface area contributed by atoms with E-state index in [1.54, 1.807) is 4.57 Å². The Morgan fingerprint density at radius 3 is 2.93 bits per heavy atom. The van der Waals surface area contributed by atoms with E-state index < -0.39 is 0 Å². The number of rotatable bonds is 7. The number of hydrogen-bond donors (Lipinski definition) is 3. The number of H-pyrrole nitrogens is 1. The Bertz CT molecular complexity index is 984. The fraction of sp³-hybridized carbons (Fsp3) is 0.353. The van der Waals surface area contributed by atoms with E-state index in [0.29, 0.717) is 29.2 Å². The monoisotopic (exact) mass is 400 g/mol. The maximum absolute atomic E-state index is 12.1. The minimum Gasteiger partial charge on any atom is -0.376 e. The fourth-order valence-corrected chi connectivity index (χ4v) is 3.72. The molecule has 10 nitrogen and oxygen atoms in total. The van der Waals surface area contributed by atoms with Gasteiger partial charge in [0.05, 0.1) is 18.4 Å². The summed E-state index contributed by atoms with van der Waals surface area (Å²) in [4.78, 5) is 24.7. The van der Waals surface area contributed by atoms with Crippen LogP contribution in [0.3, 0.4) is 0 Å². The van der Waals surface area contributed by atoms with E-state index in [1.165, 1.54) is 11.8 Å². The lowest BCUT2D eigenvalue weighted by Gasteiger charge is -2.11. The second kappa shape index (κ2) is 8.40. The molecular weight excluding hydrogens is 380 g/mol. The van der Waals surface area contributed by atoms with Crippen molar-refractivity contribution >= 4 is 29.3 Å². The fourth-order valence-electron chi connectivity index (χ4n) is 2.90. The minimum absolute atomic E-state index is 0.0455. The molecule has 1 fully saturated rings. The Morgan fingerprint density at radius 1 is 1.29 bits per heavy atom. The van der Waals surface area contributed by atoms with Crippen molar-refractivity contribution in [3.63, 3.8) is 0 Å². The highest BCUT2D eigenvalue weighted by Crippen LogP contribution is 2.21. The predicted molar refractivity (Wildman–Crippen MR) is 105 cm³/mol. The summed E-state index contributed by atoms with van der Waals surface area (Å²) in [6, 6.07) is 9.56. The lowest BCUT2D eigenvalue weighted by molar-refractivity contribution is 0.0941. The van der Waals surface area contributed by atoms with Crippen molar-refractivity contribution in [2.45, 2.75) is 36.4 Å². The average Bonchev–Trinajstić information content (AvgIpc) is 3.32. The number of nitrogens with one attached hydrogen (secondary N) is 2. The number of nitrogens with zero attached hydrogens (tertiary/aromatic N) is 5. The summed E-state index contributed by atoms with van der Waals surface area (Å²) in [5.74, 6) is 1.39. The number of para-hydroxylation sites is 1. The number of ether oxygens (including phenoxy) is 1. The van der Waals surface area contributed by atoms with Gasteiger partial charge in [-0.05, 0) is 25.0 Å². The molecule has 11 heteroatoms. The van der Waals surface area contributed by atoms with E-state index in [-0.39, 0.29) is 17.7 Å². The zero-order valence-electron chi connectivity index (χ0n) is 15.0. The third-order valence-electron chi connectivity index (χ3n) is 4.19. The number of aromatic nitrogens is 6. The summed E-state index contributed by atoms with van der Waals surface area (Å²) in [7, 11) is 0. The zero-order chi connectivity index (χ0) is 19.3. The van der Waals surface area contributed by atoms with Crippen molar-refractivity contribution in [1.29, 1.82) is 0 Å². The van der Waals surface area contributed by atoms with Gasteiger partial charge < -0.3 is 15.8 Å². The van der Waals surface area contributed by atoms with Gasteiger partial charge in [-0.15, -0.1) is 5.10 Å². The smallest absolute Gasteiger partial charge is 0.344 e. The quantitative estimate of drug-likeness (QED) is 0.504. The van der Waals surface area contributed by atoms with Crippen LogP contribution in [0.2, 0.25) is 0 Å². The standard InChI is InChI=1S/C17H20N8O2S/c18-14-20-13(21-15(22-14)19-11-5-2-1-3-6-11)10-28-17-24-23-16(26)25(17)9-12-7-4-8-27-12/h1-3,5-6,12H,4,7-10H2,(H,23,26)(H3,18,19,20,21,22). The molecular formula is C17H20N8O2S. The molecule has 2 aromatic heterocycles. The van der Waals surface area contributed by atoms with Gasteiger partial charge in [0.1, 0.15) is 5.82 Å². The molecule has 0 saturated carbocycles. The molecule has 0 radical (unpaired) electrons. The number of aromatic amines is 1. The van der Waals surface area contributed by atoms with Crippen LogP contribution in [0, 0.1) is 0 Å². The normalized spacial score (nSPS) is 16.4. The predicted octanol–water partition coefficient (Wildman–Crippen LogP) is 1.55. The van der Waals surface area contributed by atoms with Crippen LogP contribution in [-0.2, 0) is 17.0 Å². The second-order valence-electron chi connectivity index (χ2n) is 6.27. The van der Waals surface area contributed by atoms with Crippen molar-refractivity contribution in [1.82, 2.24) is 29.7 Å². The Labute approximate surface area is 165 Å². The summed E-state index contributed by atoms with van der Waals surface area (Å²) in [6.07, 6.45) is 2.01. The molecule has 1 aromatic carbocycles. The van der Waals surface area contributed by atoms with E-state index in [4.69, 9.17) is 10.5 Å². The topological polar surface area (TPSA) is 137 Å². The van der Waals surface area contributed by atoms with Crippen LogP contribution in [-0.4, -0.2) is 42.4 Å². The Kier molecular flexibility index (Phi) is 5.53. The largest absolute Gasteiger partial charge is 0.376 e. The Balaban J connectivity index is 1.46. The first-order valence-electron chi connectivity index (χ1n) is 8.89. The molecule has 3 heterocycles. The maximum atomic E-state index is 12.1. The van der Waals surface area contributed by atoms with Crippen molar-refractivity contribution < 1.29 is 4.74 Å². The Hall–Kier alpha value is -2.92. The summed E-state index contributed by atoms with van der Waals surface area (Å²) < 4.78 is 7.21. The third kappa shape index (κ3) is 4.49. The van der Waals surface area contributed by atoms with Crippen molar-refractivity contribution in [2.24, 2.45) is 0 Å². The molecule has 0 bridgehead atoms. The molecule has 0 spiro atoms. The van der Waals surface area contributed by atoms with Gasteiger partial charge >= 0.3 is 5.69 Å². The van der Waals surface area contributed by atoms with Gasteiger partial charge in [0.2, 0.25) is 11.9 Å². The first-order valence-corrected chi connectivity index (χ1v) is 9.88. The molecule has 1 aliphatic heterocycles. The van der Waals surface area contributed by atoms with Gasteiger partial charge in [-0.1, -0.05) is 30.0 Å². The van der Waals surface area contributed by atoms with Gasteiger partial charge in [0.25, 0.3) is 0 Å². The Morgan fingerprint density at radius 2 is 2.14 bits per heavy atom.